The Morgan fingerprint density at radius 2 is 2.00 bits per heavy atom. The third-order valence-electron chi connectivity index (χ3n) is 6.57. The highest BCUT2D eigenvalue weighted by molar-refractivity contribution is 7.92. The lowest BCUT2D eigenvalue weighted by molar-refractivity contribution is -0.125. The Labute approximate surface area is 223 Å². The summed E-state index contributed by atoms with van der Waals surface area (Å²) in [5.41, 5.74) is -0.585. The van der Waals surface area contributed by atoms with Crippen LogP contribution in [0.4, 0.5) is 15.8 Å². The summed E-state index contributed by atoms with van der Waals surface area (Å²) in [6.45, 7) is 2.09. The maximum absolute atomic E-state index is 14.0. The summed E-state index contributed by atoms with van der Waals surface area (Å²) >= 11 is 5.96. The topological polar surface area (TPSA) is 145 Å². The highest BCUT2D eigenvalue weighted by atomic mass is 35.5. The average Bonchev–Trinajstić information content (AvgIpc) is 3.31. The summed E-state index contributed by atoms with van der Waals surface area (Å²) in [4.78, 5) is 15.4. The molecule has 0 radical (unpaired) electrons. The number of carbonyl (C=O) groups is 1. The van der Waals surface area contributed by atoms with Crippen LogP contribution in [0.3, 0.4) is 0 Å². The third kappa shape index (κ3) is 4.44. The minimum Gasteiger partial charge on any atom is -0.505 e. The molecule has 0 aromatic heterocycles. The van der Waals surface area contributed by atoms with Gasteiger partial charge in [0.25, 0.3) is 10.0 Å². The summed E-state index contributed by atoms with van der Waals surface area (Å²) in [6.07, 6.45) is 3.30. The number of aliphatic hydroxyl groups excluding tert-OH is 1. The molecule has 3 heterocycles. The van der Waals surface area contributed by atoms with E-state index in [2.05, 4.69) is 14.4 Å². The molecule has 200 valence electrons. The van der Waals surface area contributed by atoms with Crippen LogP contribution in [0, 0.1) is 5.82 Å². The van der Waals surface area contributed by atoms with E-state index in [1.54, 1.807) is 17.9 Å². The van der Waals surface area contributed by atoms with Crippen LogP contribution >= 0.6 is 11.6 Å². The van der Waals surface area contributed by atoms with Crippen molar-refractivity contribution in [2.75, 3.05) is 22.8 Å². The standard InChI is InChI=1S/C24H22ClFN4O6S2/c1-24(12-13-5-7-16(26)15(25)10-13)22(32)20(21(31)18-4-3-9-30(18)24)23-27-17-8-6-14(28-37(2,33)34)11-19(17)38(35,36)29-23/h4-8,10-11,28,31H,3,9,12H2,1-2H3,(H,27,29). The van der Waals surface area contributed by atoms with Crippen molar-refractivity contribution in [3.05, 3.63) is 75.9 Å². The lowest BCUT2D eigenvalue weighted by Gasteiger charge is -2.44. The number of carbonyl (C=O) groups excluding carboxylic acids is 1. The predicted octanol–water partition coefficient (Wildman–Crippen LogP) is 3.35. The molecule has 0 fully saturated rings. The molecule has 1 atom stereocenters. The van der Waals surface area contributed by atoms with Crippen LogP contribution in [0.5, 0.6) is 0 Å². The number of Topliss-reactive ketones (excluding diaryl/α,β-unsaturated/α-hetero) is 1. The van der Waals surface area contributed by atoms with Crippen LogP contribution in [-0.2, 0) is 31.3 Å². The van der Waals surface area contributed by atoms with Crippen LogP contribution in [-0.4, -0.2) is 56.8 Å². The zero-order valence-corrected chi connectivity index (χ0v) is 22.5. The number of nitrogens with zero attached hydrogens (tertiary/aromatic N) is 2. The Balaban J connectivity index is 1.58. The average molecular weight is 581 g/mol. The zero-order valence-electron chi connectivity index (χ0n) is 20.1. The Hall–Kier alpha value is -3.42. The van der Waals surface area contributed by atoms with Crippen molar-refractivity contribution in [2.24, 2.45) is 4.40 Å². The molecule has 0 saturated heterocycles. The number of benzene rings is 2. The number of nitrogens with one attached hydrogen (secondary N) is 2. The lowest BCUT2D eigenvalue weighted by Crippen LogP contribution is -2.57. The van der Waals surface area contributed by atoms with Gasteiger partial charge in [-0.1, -0.05) is 23.7 Å². The molecule has 14 heteroatoms. The van der Waals surface area contributed by atoms with Gasteiger partial charge in [0.15, 0.2) is 17.4 Å². The van der Waals surface area contributed by atoms with Gasteiger partial charge >= 0.3 is 0 Å². The number of ketones is 1. The quantitative estimate of drug-likeness (QED) is 0.488. The van der Waals surface area contributed by atoms with E-state index in [1.807, 2.05) is 0 Å². The number of aliphatic hydroxyl groups is 1. The summed E-state index contributed by atoms with van der Waals surface area (Å²) in [5.74, 6) is -1.97. The van der Waals surface area contributed by atoms with Gasteiger partial charge in [0.1, 0.15) is 21.8 Å². The first kappa shape index (κ1) is 26.2. The van der Waals surface area contributed by atoms with Crippen molar-refractivity contribution < 1.29 is 31.1 Å². The molecule has 2 aromatic carbocycles. The number of sulfonamides is 2. The van der Waals surface area contributed by atoms with Gasteiger partial charge < -0.3 is 15.3 Å². The van der Waals surface area contributed by atoms with Gasteiger partial charge in [-0.25, -0.2) is 12.8 Å². The van der Waals surface area contributed by atoms with Gasteiger partial charge in [-0.15, -0.1) is 4.40 Å². The lowest BCUT2D eigenvalue weighted by atomic mass is 9.79. The summed E-state index contributed by atoms with van der Waals surface area (Å²) in [7, 11) is -8.06. The fourth-order valence-corrected chi connectivity index (χ4v) is 6.82. The Morgan fingerprint density at radius 3 is 2.68 bits per heavy atom. The molecule has 0 aliphatic carbocycles. The zero-order chi connectivity index (χ0) is 27.6. The largest absolute Gasteiger partial charge is 0.505 e. The monoisotopic (exact) mass is 580 g/mol. The van der Waals surface area contributed by atoms with Gasteiger partial charge in [-0.3, -0.25) is 9.52 Å². The first-order valence-corrected chi connectivity index (χ1v) is 15.0. The van der Waals surface area contributed by atoms with Crippen molar-refractivity contribution >= 4 is 54.6 Å². The van der Waals surface area contributed by atoms with E-state index < -0.39 is 42.9 Å². The second kappa shape index (κ2) is 8.82. The van der Waals surface area contributed by atoms with Crippen LogP contribution in [0.15, 0.2) is 68.8 Å². The SMILES string of the molecule is CC1(Cc2ccc(F)c(Cl)c2)C(=O)C(C2=NS(=O)(=O)c3cc(NS(C)(=O)=O)ccc3N2)=C(O)C2=CCCN21. The molecule has 3 N–H and O–H groups in total. The van der Waals surface area contributed by atoms with Crippen LogP contribution in [0.25, 0.3) is 0 Å². The fraction of sp³-hybridized carbons (Fsp3) is 0.250. The van der Waals surface area contributed by atoms with E-state index in [0.717, 1.165) is 12.3 Å². The maximum atomic E-state index is 14.0. The molecule has 0 saturated carbocycles. The number of fused-ring (bicyclic) bond motifs is 2. The van der Waals surface area contributed by atoms with E-state index in [-0.39, 0.29) is 39.1 Å². The highest BCUT2D eigenvalue weighted by Gasteiger charge is 2.51. The van der Waals surface area contributed by atoms with E-state index in [1.165, 1.54) is 30.3 Å². The van der Waals surface area contributed by atoms with Crippen LogP contribution in [0.2, 0.25) is 5.02 Å². The van der Waals surface area contributed by atoms with Gasteiger partial charge in [0.05, 0.1) is 22.7 Å². The molecule has 3 aliphatic rings. The number of anilines is 2. The molecule has 0 bridgehead atoms. The van der Waals surface area contributed by atoms with Crippen LogP contribution < -0.4 is 10.0 Å². The van der Waals surface area contributed by atoms with Crippen LogP contribution in [0.1, 0.15) is 18.9 Å². The van der Waals surface area contributed by atoms with Crippen molar-refractivity contribution in [2.45, 2.75) is 30.2 Å². The van der Waals surface area contributed by atoms with Crippen molar-refractivity contribution in [1.29, 1.82) is 0 Å². The molecule has 3 aliphatic heterocycles. The molecule has 0 spiro atoms. The molecule has 5 rings (SSSR count). The van der Waals surface area contributed by atoms with E-state index in [0.29, 0.717) is 24.2 Å². The third-order valence-corrected chi connectivity index (χ3v) is 8.78. The first-order valence-electron chi connectivity index (χ1n) is 11.3. The normalized spacial score (nSPS) is 22.3. The van der Waals surface area contributed by atoms with Crippen molar-refractivity contribution in [1.82, 2.24) is 4.90 Å². The summed E-state index contributed by atoms with van der Waals surface area (Å²) < 4.78 is 69.1. The number of rotatable bonds is 5. The number of halogens is 2. The minimum absolute atomic E-state index is 0.0170. The number of amidine groups is 1. The molecule has 2 aromatic rings. The molecule has 0 amide bonds. The molecule has 1 unspecified atom stereocenters. The van der Waals surface area contributed by atoms with E-state index >= 15 is 0 Å². The van der Waals surface area contributed by atoms with Gasteiger partial charge in [-0.05, 0) is 49.2 Å². The maximum Gasteiger partial charge on any atom is 0.286 e. The smallest absolute Gasteiger partial charge is 0.286 e. The highest BCUT2D eigenvalue weighted by Crippen LogP contribution is 2.42. The Bertz CT molecular complexity index is 1720. The molecule has 38 heavy (non-hydrogen) atoms. The predicted molar refractivity (Wildman–Crippen MR) is 141 cm³/mol. The minimum atomic E-state index is -4.39. The van der Waals surface area contributed by atoms with Gasteiger partial charge in [-0.2, -0.15) is 8.42 Å². The van der Waals surface area contributed by atoms with Gasteiger partial charge in [0.2, 0.25) is 10.0 Å². The molecule has 10 nitrogen and oxygen atoms in total. The Kier molecular flexibility index (Phi) is 6.08. The summed E-state index contributed by atoms with van der Waals surface area (Å²) in [5, 5.41) is 13.8. The molecular formula is C24H22ClFN4O6S2. The fourth-order valence-electron chi connectivity index (χ4n) is 4.91. The first-order chi connectivity index (χ1) is 17.7. The number of hydrogen-bond acceptors (Lipinski definition) is 8. The van der Waals surface area contributed by atoms with Crippen molar-refractivity contribution in [3.8, 4) is 0 Å². The second-order valence-corrected chi connectivity index (χ2v) is 13.1. The molecular weight excluding hydrogens is 559 g/mol. The van der Waals surface area contributed by atoms with E-state index in [4.69, 9.17) is 11.6 Å². The second-order valence-electron chi connectivity index (χ2n) is 9.41. The van der Waals surface area contributed by atoms with Crippen molar-refractivity contribution in [3.63, 3.8) is 0 Å². The Morgan fingerprint density at radius 1 is 1.26 bits per heavy atom. The summed E-state index contributed by atoms with van der Waals surface area (Å²) in [6, 6.07) is 7.93. The van der Waals surface area contributed by atoms with E-state index in [9.17, 15) is 31.1 Å². The van der Waals surface area contributed by atoms with Gasteiger partial charge in [0, 0.05) is 18.7 Å². The number of hydrogen-bond donors (Lipinski definition) is 3.